The maximum atomic E-state index is 5.66. The van der Waals surface area contributed by atoms with Crippen molar-refractivity contribution in [3.8, 4) is 0 Å². The summed E-state index contributed by atoms with van der Waals surface area (Å²) >= 11 is 5.66. The highest BCUT2D eigenvalue weighted by atomic mass is 35.5. The number of rotatable bonds is 3. The van der Waals surface area contributed by atoms with Gasteiger partial charge < -0.3 is 4.57 Å². The number of nitrogens with zero attached hydrogens (tertiary/aromatic N) is 4. The predicted molar refractivity (Wildman–Crippen MR) is 52.0 cm³/mol. The van der Waals surface area contributed by atoms with Gasteiger partial charge >= 0.3 is 0 Å². The first-order valence-electron chi connectivity index (χ1n) is 4.25. The highest BCUT2D eigenvalue weighted by Crippen LogP contribution is 2.13. The van der Waals surface area contributed by atoms with E-state index in [4.69, 9.17) is 11.6 Å². The fourth-order valence-electron chi connectivity index (χ4n) is 1.22. The molecule has 0 aliphatic rings. The first-order chi connectivity index (χ1) is 6.81. The SMILES string of the molecule is CC(c1ncn[nH]1)n1cnc(CCl)c1. The van der Waals surface area contributed by atoms with Gasteiger partial charge in [-0.25, -0.2) is 9.97 Å². The molecule has 0 saturated carbocycles. The molecule has 5 nitrogen and oxygen atoms in total. The van der Waals surface area contributed by atoms with Gasteiger partial charge in [0, 0.05) is 6.20 Å². The molecule has 0 radical (unpaired) electrons. The number of aromatic nitrogens is 5. The minimum Gasteiger partial charge on any atom is -0.327 e. The summed E-state index contributed by atoms with van der Waals surface area (Å²) in [7, 11) is 0. The molecule has 2 heterocycles. The monoisotopic (exact) mass is 211 g/mol. The van der Waals surface area contributed by atoms with Crippen LogP contribution < -0.4 is 0 Å². The fraction of sp³-hybridized carbons (Fsp3) is 0.375. The topological polar surface area (TPSA) is 59.4 Å². The van der Waals surface area contributed by atoms with E-state index in [2.05, 4.69) is 20.2 Å². The minimum absolute atomic E-state index is 0.0990. The van der Waals surface area contributed by atoms with Crippen molar-refractivity contribution in [3.63, 3.8) is 0 Å². The van der Waals surface area contributed by atoms with Gasteiger partial charge in [0.1, 0.15) is 12.2 Å². The summed E-state index contributed by atoms with van der Waals surface area (Å²) in [6, 6.07) is 0.0990. The van der Waals surface area contributed by atoms with E-state index in [9.17, 15) is 0 Å². The molecular weight excluding hydrogens is 202 g/mol. The summed E-state index contributed by atoms with van der Waals surface area (Å²) in [6.07, 6.45) is 5.14. The van der Waals surface area contributed by atoms with E-state index in [-0.39, 0.29) is 6.04 Å². The molecule has 0 bridgehead atoms. The van der Waals surface area contributed by atoms with Crippen LogP contribution in [0.4, 0.5) is 0 Å². The van der Waals surface area contributed by atoms with E-state index in [1.165, 1.54) is 6.33 Å². The summed E-state index contributed by atoms with van der Waals surface area (Å²) in [4.78, 5) is 8.21. The Labute approximate surface area is 86.1 Å². The van der Waals surface area contributed by atoms with Crippen molar-refractivity contribution >= 4 is 11.6 Å². The summed E-state index contributed by atoms with van der Waals surface area (Å²) in [6.45, 7) is 2.01. The van der Waals surface area contributed by atoms with Crippen molar-refractivity contribution < 1.29 is 0 Å². The molecule has 0 amide bonds. The zero-order valence-corrected chi connectivity index (χ0v) is 8.44. The van der Waals surface area contributed by atoms with Crippen LogP contribution in [0.5, 0.6) is 0 Å². The molecule has 1 unspecified atom stereocenters. The van der Waals surface area contributed by atoms with Crippen molar-refractivity contribution in [3.05, 3.63) is 30.4 Å². The van der Waals surface area contributed by atoms with Crippen molar-refractivity contribution in [2.45, 2.75) is 18.8 Å². The molecule has 1 N–H and O–H groups in total. The number of H-pyrrole nitrogens is 1. The quantitative estimate of drug-likeness (QED) is 0.780. The van der Waals surface area contributed by atoms with Gasteiger partial charge in [-0.3, -0.25) is 5.10 Å². The number of halogens is 1. The molecule has 14 heavy (non-hydrogen) atoms. The molecule has 1 atom stereocenters. The van der Waals surface area contributed by atoms with Gasteiger partial charge in [-0.05, 0) is 6.92 Å². The lowest BCUT2D eigenvalue weighted by Crippen LogP contribution is -2.06. The molecule has 2 aromatic heterocycles. The number of nitrogens with one attached hydrogen (secondary N) is 1. The zero-order valence-electron chi connectivity index (χ0n) is 7.68. The summed E-state index contributed by atoms with van der Waals surface area (Å²) in [5.41, 5.74) is 0.859. The third-order valence-corrected chi connectivity index (χ3v) is 2.34. The van der Waals surface area contributed by atoms with Crippen LogP contribution >= 0.6 is 11.6 Å². The first-order valence-corrected chi connectivity index (χ1v) is 4.78. The van der Waals surface area contributed by atoms with Crippen molar-refractivity contribution in [2.75, 3.05) is 0 Å². The molecule has 0 aliphatic heterocycles. The van der Waals surface area contributed by atoms with E-state index >= 15 is 0 Å². The van der Waals surface area contributed by atoms with Crippen LogP contribution in [-0.4, -0.2) is 24.7 Å². The average molecular weight is 212 g/mol. The van der Waals surface area contributed by atoms with Gasteiger partial charge in [0.05, 0.1) is 23.9 Å². The van der Waals surface area contributed by atoms with Crippen LogP contribution in [0, 0.1) is 0 Å². The Balaban J connectivity index is 2.23. The largest absolute Gasteiger partial charge is 0.327 e. The number of hydrogen-bond acceptors (Lipinski definition) is 3. The second-order valence-corrected chi connectivity index (χ2v) is 3.26. The summed E-state index contributed by atoms with van der Waals surface area (Å²) < 4.78 is 1.94. The van der Waals surface area contributed by atoms with Gasteiger partial charge in [0.2, 0.25) is 0 Å². The van der Waals surface area contributed by atoms with Crippen LogP contribution in [0.3, 0.4) is 0 Å². The van der Waals surface area contributed by atoms with Gasteiger partial charge in [-0.1, -0.05) is 0 Å². The second kappa shape index (κ2) is 3.79. The molecule has 0 saturated heterocycles. The minimum atomic E-state index is 0.0990. The maximum absolute atomic E-state index is 5.66. The fourth-order valence-corrected chi connectivity index (χ4v) is 1.36. The van der Waals surface area contributed by atoms with Crippen LogP contribution in [-0.2, 0) is 5.88 Å². The first kappa shape index (κ1) is 9.21. The van der Waals surface area contributed by atoms with Crippen molar-refractivity contribution in [2.24, 2.45) is 0 Å². The highest BCUT2D eigenvalue weighted by Gasteiger charge is 2.10. The lowest BCUT2D eigenvalue weighted by Gasteiger charge is -2.08. The van der Waals surface area contributed by atoms with Gasteiger partial charge in [0.15, 0.2) is 0 Å². The van der Waals surface area contributed by atoms with Crippen LogP contribution in [0.1, 0.15) is 24.5 Å². The number of imidazole rings is 1. The Morgan fingerprint density at radius 1 is 1.57 bits per heavy atom. The van der Waals surface area contributed by atoms with Crippen LogP contribution in [0.2, 0.25) is 0 Å². The molecule has 6 heteroatoms. The standard InChI is InChI=1S/C8H10ClN5/c1-6(8-10-4-12-13-8)14-3-7(2-9)11-5-14/h3-6H,2H2,1H3,(H,10,12,13). The molecule has 2 aromatic rings. The third-order valence-electron chi connectivity index (χ3n) is 2.07. The number of alkyl halides is 1. The average Bonchev–Trinajstić information content (AvgIpc) is 2.88. The van der Waals surface area contributed by atoms with E-state index < -0.39 is 0 Å². The van der Waals surface area contributed by atoms with Crippen LogP contribution in [0.25, 0.3) is 0 Å². The van der Waals surface area contributed by atoms with E-state index in [1.54, 1.807) is 6.33 Å². The van der Waals surface area contributed by atoms with Gasteiger partial charge in [-0.2, -0.15) is 5.10 Å². The van der Waals surface area contributed by atoms with E-state index in [0.717, 1.165) is 11.5 Å². The molecular formula is C8H10ClN5. The lowest BCUT2D eigenvalue weighted by molar-refractivity contribution is 0.601. The summed E-state index contributed by atoms with van der Waals surface area (Å²) in [5, 5.41) is 6.62. The molecule has 0 aliphatic carbocycles. The highest BCUT2D eigenvalue weighted by molar-refractivity contribution is 6.16. The zero-order chi connectivity index (χ0) is 9.97. The van der Waals surface area contributed by atoms with Gasteiger partial charge in [-0.15, -0.1) is 11.6 Å². The summed E-state index contributed by atoms with van der Waals surface area (Å²) in [5.74, 6) is 1.24. The Kier molecular flexibility index (Phi) is 2.49. The van der Waals surface area contributed by atoms with E-state index in [1.807, 2.05) is 17.7 Å². The second-order valence-electron chi connectivity index (χ2n) is 2.99. The molecule has 0 fully saturated rings. The molecule has 0 spiro atoms. The maximum Gasteiger partial charge on any atom is 0.147 e. The molecule has 74 valence electrons. The number of hydrogen-bond donors (Lipinski definition) is 1. The Morgan fingerprint density at radius 3 is 3.00 bits per heavy atom. The van der Waals surface area contributed by atoms with Crippen molar-refractivity contribution in [1.82, 2.24) is 24.7 Å². The Bertz CT molecular complexity index is 394. The van der Waals surface area contributed by atoms with Crippen LogP contribution in [0.15, 0.2) is 18.9 Å². The molecule has 2 rings (SSSR count). The Morgan fingerprint density at radius 2 is 2.43 bits per heavy atom. The molecule has 0 aromatic carbocycles. The van der Waals surface area contributed by atoms with Gasteiger partial charge in [0.25, 0.3) is 0 Å². The number of aromatic amines is 1. The normalized spacial score (nSPS) is 13.0. The lowest BCUT2D eigenvalue weighted by atomic mass is 10.3. The van der Waals surface area contributed by atoms with Crippen molar-refractivity contribution in [1.29, 1.82) is 0 Å². The van der Waals surface area contributed by atoms with E-state index in [0.29, 0.717) is 5.88 Å². The third kappa shape index (κ3) is 1.63. The predicted octanol–water partition coefficient (Wildman–Crippen LogP) is 1.35. The smallest absolute Gasteiger partial charge is 0.147 e. The Hall–Kier alpha value is -1.36.